The predicted molar refractivity (Wildman–Crippen MR) is 151 cm³/mol. The van der Waals surface area contributed by atoms with Crippen LogP contribution in [0.25, 0.3) is 0 Å². The number of amides is 2. The Kier molecular flexibility index (Phi) is 11.2. The lowest BCUT2D eigenvalue weighted by atomic mass is 10.0. The lowest BCUT2D eigenvalue weighted by molar-refractivity contribution is -0.139. The largest absolute Gasteiger partial charge is 0.352 e. The van der Waals surface area contributed by atoms with E-state index in [1.807, 2.05) is 80.6 Å². The van der Waals surface area contributed by atoms with Gasteiger partial charge in [0.05, 0.1) is 5.75 Å². The summed E-state index contributed by atoms with van der Waals surface area (Å²) in [5, 5.41) is 4.40. The van der Waals surface area contributed by atoms with Crippen LogP contribution in [0, 0.1) is 0 Å². The molecule has 0 heterocycles. The number of carbonyl (C=O) groups excluding carboxylic acids is 2. The van der Waals surface area contributed by atoms with Crippen molar-refractivity contribution in [1.29, 1.82) is 0 Å². The fraction of sp³-hybridized carbons (Fsp3) is 0.310. The fourth-order valence-electron chi connectivity index (χ4n) is 3.73. The summed E-state index contributed by atoms with van der Waals surface area (Å²) in [5.41, 5.74) is 2.90. The summed E-state index contributed by atoms with van der Waals surface area (Å²) in [6.45, 7) is 4.31. The van der Waals surface area contributed by atoms with Crippen LogP contribution in [0.15, 0.2) is 78.9 Å². The number of nitrogens with one attached hydrogen (secondary N) is 1. The van der Waals surface area contributed by atoms with E-state index in [-0.39, 0.29) is 23.6 Å². The molecular formula is C29H32Cl2N2O2S. The maximum Gasteiger partial charge on any atom is 0.243 e. The van der Waals surface area contributed by atoms with Gasteiger partial charge < -0.3 is 10.2 Å². The number of thioether (sulfide) groups is 1. The quantitative estimate of drug-likeness (QED) is 0.274. The number of hydrogen-bond acceptors (Lipinski definition) is 3. The van der Waals surface area contributed by atoms with Crippen molar-refractivity contribution in [3.8, 4) is 0 Å². The van der Waals surface area contributed by atoms with Gasteiger partial charge in [0, 0.05) is 34.8 Å². The van der Waals surface area contributed by atoms with Crippen molar-refractivity contribution in [3.05, 3.63) is 106 Å². The molecule has 1 N–H and O–H groups in total. The van der Waals surface area contributed by atoms with Gasteiger partial charge in [-0.25, -0.2) is 0 Å². The van der Waals surface area contributed by atoms with Gasteiger partial charge in [0.2, 0.25) is 11.8 Å². The van der Waals surface area contributed by atoms with Crippen LogP contribution in [-0.4, -0.2) is 34.6 Å². The lowest BCUT2D eigenvalue weighted by Crippen LogP contribution is -2.52. The number of carbonyl (C=O) groups is 2. The van der Waals surface area contributed by atoms with Gasteiger partial charge in [-0.2, -0.15) is 0 Å². The Morgan fingerprint density at radius 3 is 2.25 bits per heavy atom. The molecule has 0 spiro atoms. The van der Waals surface area contributed by atoms with Gasteiger partial charge in [-0.05, 0) is 48.2 Å². The maximum atomic E-state index is 13.6. The molecule has 0 aliphatic carbocycles. The monoisotopic (exact) mass is 542 g/mol. The van der Waals surface area contributed by atoms with Crippen LogP contribution in [0.2, 0.25) is 10.0 Å². The summed E-state index contributed by atoms with van der Waals surface area (Å²) in [4.78, 5) is 28.8. The lowest BCUT2D eigenvalue weighted by Gasteiger charge is -2.32. The van der Waals surface area contributed by atoms with Crippen molar-refractivity contribution in [2.45, 2.75) is 51.1 Å². The van der Waals surface area contributed by atoms with Crippen LogP contribution >= 0.6 is 35.0 Å². The molecule has 2 amide bonds. The molecule has 190 valence electrons. The van der Waals surface area contributed by atoms with Gasteiger partial charge in [0.25, 0.3) is 0 Å². The molecule has 0 unspecified atom stereocenters. The van der Waals surface area contributed by atoms with Gasteiger partial charge in [-0.1, -0.05) is 90.8 Å². The summed E-state index contributed by atoms with van der Waals surface area (Å²) in [6.07, 6.45) is 1.24. The number of hydrogen-bond donors (Lipinski definition) is 1. The van der Waals surface area contributed by atoms with Crippen molar-refractivity contribution in [1.82, 2.24) is 10.2 Å². The van der Waals surface area contributed by atoms with Crippen LogP contribution in [0.3, 0.4) is 0 Å². The number of nitrogens with zero attached hydrogens (tertiary/aromatic N) is 1. The van der Waals surface area contributed by atoms with E-state index < -0.39 is 6.04 Å². The number of benzene rings is 3. The van der Waals surface area contributed by atoms with Crippen LogP contribution in [0.1, 0.15) is 37.0 Å². The van der Waals surface area contributed by atoms with E-state index in [9.17, 15) is 9.59 Å². The zero-order chi connectivity index (χ0) is 25.9. The molecule has 0 saturated carbocycles. The van der Waals surface area contributed by atoms with E-state index in [1.54, 1.807) is 17.0 Å². The minimum atomic E-state index is -0.648. The molecule has 0 bridgehead atoms. The average molecular weight is 544 g/mol. The van der Waals surface area contributed by atoms with Gasteiger partial charge >= 0.3 is 0 Å². The van der Waals surface area contributed by atoms with Crippen molar-refractivity contribution in [2.24, 2.45) is 0 Å². The molecule has 2 atom stereocenters. The molecule has 0 aliphatic rings. The summed E-state index contributed by atoms with van der Waals surface area (Å²) in [5.74, 6) is 0.609. The highest BCUT2D eigenvalue weighted by Gasteiger charge is 2.30. The van der Waals surface area contributed by atoms with Crippen LogP contribution in [0.5, 0.6) is 0 Å². The molecule has 0 fully saturated rings. The number of rotatable bonds is 12. The van der Waals surface area contributed by atoms with Crippen molar-refractivity contribution >= 4 is 46.8 Å². The van der Waals surface area contributed by atoms with Gasteiger partial charge in [-0.3, -0.25) is 9.59 Å². The van der Waals surface area contributed by atoms with E-state index in [4.69, 9.17) is 23.2 Å². The highest BCUT2D eigenvalue weighted by atomic mass is 35.5. The second-order valence-electron chi connectivity index (χ2n) is 8.76. The first-order chi connectivity index (χ1) is 17.4. The van der Waals surface area contributed by atoms with Crippen molar-refractivity contribution in [2.75, 3.05) is 5.75 Å². The fourth-order valence-corrected chi connectivity index (χ4v) is 5.05. The average Bonchev–Trinajstić information content (AvgIpc) is 2.88. The zero-order valence-electron chi connectivity index (χ0n) is 20.6. The Labute approximate surface area is 228 Å². The standard InChI is InChI=1S/C29H32Cl2N2O2S/c1-3-21(2)32-29(35)27(17-22-9-5-4-6-10-22)33(18-23-13-15-25(30)16-14-23)28(34)20-36-19-24-11-7-8-12-26(24)31/h4-16,21,27H,3,17-20H2,1-2H3,(H,32,35)/t21-,27-/m0/s1. The third kappa shape index (κ3) is 8.58. The molecule has 36 heavy (non-hydrogen) atoms. The molecule has 3 aromatic rings. The third-order valence-corrected chi connectivity index (χ3v) is 7.57. The Bertz CT molecular complexity index is 1130. The Morgan fingerprint density at radius 2 is 1.58 bits per heavy atom. The summed E-state index contributed by atoms with van der Waals surface area (Å²) >= 11 is 13.9. The highest BCUT2D eigenvalue weighted by molar-refractivity contribution is 7.99. The van der Waals surface area contributed by atoms with E-state index in [0.717, 1.165) is 23.1 Å². The summed E-state index contributed by atoms with van der Waals surface area (Å²) < 4.78 is 0. The van der Waals surface area contributed by atoms with Gasteiger partial charge in [-0.15, -0.1) is 11.8 Å². The zero-order valence-corrected chi connectivity index (χ0v) is 23.0. The Hall–Kier alpha value is -2.47. The molecular weight excluding hydrogens is 511 g/mol. The predicted octanol–water partition coefficient (Wildman–Crippen LogP) is 6.78. The van der Waals surface area contributed by atoms with Crippen molar-refractivity contribution < 1.29 is 9.59 Å². The Morgan fingerprint density at radius 1 is 0.917 bits per heavy atom. The first-order valence-electron chi connectivity index (χ1n) is 12.1. The molecule has 3 rings (SSSR count). The van der Waals surface area contributed by atoms with Crippen LogP contribution in [-0.2, 0) is 28.3 Å². The smallest absolute Gasteiger partial charge is 0.243 e. The normalized spacial score (nSPS) is 12.6. The molecule has 3 aromatic carbocycles. The molecule has 0 aliphatic heterocycles. The third-order valence-electron chi connectivity index (χ3n) is 5.98. The highest BCUT2D eigenvalue weighted by Crippen LogP contribution is 2.23. The molecule has 0 radical (unpaired) electrons. The first kappa shape index (κ1) is 28.1. The number of halogens is 2. The van der Waals surface area contributed by atoms with Crippen molar-refractivity contribution in [3.63, 3.8) is 0 Å². The second-order valence-corrected chi connectivity index (χ2v) is 10.6. The SMILES string of the molecule is CC[C@H](C)NC(=O)[C@H](Cc1ccccc1)N(Cc1ccc(Cl)cc1)C(=O)CSCc1ccccc1Cl. The summed E-state index contributed by atoms with van der Waals surface area (Å²) in [6, 6.07) is 24.2. The second kappa shape index (κ2) is 14.3. The van der Waals surface area contributed by atoms with Gasteiger partial charge in [0.15, 0.2) is 0 Å². The molecule has 0 saturated heterocycles. The van der Waals surface area contributed by atoms with Crippen LogP contribution in [0.4, 0.5) is 0 Å². The topological polar surface area (TPSA) is 49.4 Å². The molecule has 0 aromatic heterocycles. The van der Waals surface area contributed by atoms with E-state index in [2.05, 4.69) is 5.32 Å². The molecule has 4 nitrogen and oxygen atoms in total. The van der Waals surface area contributed by atoms with E-state index >= 15 is 0 Å². The van der Waals surface area contributed by atoms with E-state index in [1.165, 1.54) is 11.8 Å². The minimum absolute atomic E-state index is 0.0119. The first-order valence-corrected chi connectivity index (χ1v) is 14.0. The Balaban J connectivity index is 1.85. The minimum Gasteiger partial charge on any atom is -0.352 e. The van der Waals surface area contributed by atoms with Crippen LogP contribution < -0.4 is 5.32 Å². The molecule has 7 heteroatoms. The summed E-state index contributed by atoms with van der Waals surface area (Å²) in [7, 11) is 0. The van der Waals surface area contributed by atoms with Gasteiger partial charge in [0.1, 0.15) is 6.04 Å². The maximum absolute atomic E-state index is 13.6. The van der Waals surface area contributed by atoms with E-state index in [0.29, 0.717) is 28.8 Å².